The Bertz CT molecular complexity index is 487. The highest BCUT2D eigenvalue weighted by molar-refractivity contribution is 9.10. The van der Waals surface area contributed by atoms with Crippen LogP contribution in [0.5, 0.6) is 0 Å². The van der Waals surface area contributed by atoms with Crippen molar-refractivity contribution >= 4 is 27.7 Å². The molecule has 0 aliphatic carbocycles. The standard InChI is InChI=1S/C13H18BrN3O/c1-9-10(14)5-6-11(15-9)17-8-7-16(4)12(18)13(17,2)3/h5-6H,7-8H2,1-4H3. The van der Waals surface area contributed by atoms with Crippen molar-refractivity contribution in [2.24, 2.45) is 0 Å². The first-order valence-electron chi connectivity index (χ1n) is 6.00. The van der Waals surface area contributed by atoms with Crippen LogP contribution in [-0.2, 0) is 4.79 Å². The summed E-state index contributed by atoms with van der Waals surface area (Å²) >= 11 is 3.45. The molecular weight excluding hydrogens is 294 g/mol. The van der Waals surface area contributed by atoms with Gasteiger partial charge in [-0.2, -0.15) is 0 Å². The van der Waals surface area contributed by atoms with E-state index in [2.05, 4.69) is 25.8 Å². The van der Waals surface area contributed by atoms with Gasteiger partial charge in [-0.15, -0.1) is 0 Å². The van der Waals surface area contributed by atoms with Crippen LogP contribution in [-0.4, -0.2) is 41.5 Å². The van der Waals surface area contributed by atoms with Crippen LogP contribution in [0, 0.1) is 6.92 Å². The molecular formula is C13H18BrN3O. The Morgan fingerprint density at radius 2 is 2.00 bits per heavy atom. The van der Waals surface area contributed by atoms with Gasteiger partial charge in [-0.1, -0.05) is 0 Å². The molecule has 1 aliphatic heterocycles. The highest BCUT2D eigenvalue weighted by atomic mass is 79.9. The Morgan fingerprint density at radius 3 is 2.61 bits per heavy atom. The second-order valence-corrected chi connectivity index (χ2v) is 6.03. The summed E-state index contributed by atoms with van der Waals surface area (Å²) < 4.78 is 0.990. The van der Waals surface area contributed by atoms with Crippen LogP contribution in [0.25, 0.3) is 0 Å². The predicted octanol–water partition coefficient (Wildman–Crippen LogP) is 2.21. The highest BCUT2D eigenvalue weighted by Crippen LogP contribution is 2.28. The number of anilines is 1. The van der Waals surface area contributed by atoms with Crippen molar-refractivity contribution in [2.75, 3.05) is 25.0 Å². The van der Waals surface area contributed by atoms with Gasteiger partial charge in [-0.25, -0.2) is 4.98 Å². The molecule has 0 radical (unpaired) electrons. The van der Waals surface area contributed by atoms with Crippen molar-refractivity contribution in [2.45, 2.75) is 26.3 Å². The molecule has 1 saturated heterocycles. The van der Waals surface area contributed by atoms with Gasteiger partial charge in [-0.05, 0) is 48.8 Å². The number of amides is 1. The highest BCUT2D eigenvalue weighted by Gasteiger charge is 2.41. The number of pyridine rings is 1. The lowest BCUT2D eigenvalue weighted by Gasteiger charge is -2.45. The van der Waals surface area contributed by atoms with Crippen LogP contribution in [0.3, 0.4) is 0 Å². The van der Waals surface area contributed by atoms with Crippen LogP contribution in [0.15, 0.2) is 16.6 Å². The molecule has 1 amide bonds. The van der Waals surface area contributed by atoms with E-state index in [1.54, 1.807) is 4.90 Å². The SMILES string of the molecule is Cc1nc(N2CCN(C)C(=O)C2(C)C)ccc1Br. The summed E-state index contributed by atoms with van der Waals surface area (Å²) in [5.41, 5.74) is 0.398. The molecule has 2 heterocycles. The van der Waals surface area contributed by atoms with Crippen LogP contribution < -0.4 is 4.90 Å². The zero-order chi connectivity index (χ0) is 13.5. The Labute approximate surface area is 116 Å². The van der Waals surface area contributed by atoms with Gasteiger partial charge in [0.25, 0.3) is 0 Å². The average molecular weight is 312 g/mol. The van der Waals surface area contributed by atoms with E-state index in [9.17, 15) is 4.79 Å². The van der Waals surface area contributed by atoms with Gasteiger partial charge < -0.3 is 9.80 Å². The fourth-order valence-electron chi connectivity index (χ4n) is 2.30. The van der Waals surface area contributed by atoms with Crippen LogP contribution in [0.4, 0.5) is 5.82 Å². The maximum atomic E-state index is 12.2. The molecule has 2 rings (SSSR count). The van der Waals surface area contributed by atoms with Gasteiger partial charge in [0.05, 0.1) is 5.69 Å². The van der Waals surface area contributed by atoms with Gasteiger partial charge >= 0.3 is 0 Å². The normalized spacial score (nSPS) is 19.3. The molecule has 4 nitrogen and oxygen atoms in total. The second-order valence-electron chi connectivity index (χ2n) is 5.17. The molecule has 0 atom stereocenters. The van der Waals surface area contributed by atoms with Gasteiger partial charge in [0.1, 0.15) is 11.4 Å². The Kier molecular flexibility index (Phi) is 3.36. The number of carbonyl (C=O) groups excluding carboxylic acids is 1. The molecule has 0 spiro atoms. The molecule has 0 N–H and O–H groups in total. The molecule has 1 fully saturated rings. The number of carbonyl (C=O) groups is 1. The fraction of sp³-hybridized carbons (Fsp3) is 0.538. The van der Waals surface area contributed by atoms with E-state index in [0.29, 0.717) is 0 Å². The largest absolute Gasteiger partial charge is 0.342 e. The number of aromatic nitrogens is 1. The van der Waals surface area contributed by atoms with E-state index in [0.717, 1.165) is 29.1 Å². The van der Waals surface area contributed by atoms with Crippen LogP contribution in [0.2, 0.25) is 0 Å². The first kappa shape index (κ1) is 13.3. The minimum atomic E-state index is -0.541. The zero-order valence-corrected chi connectivity index (χ0v) is 12.8. The summed E-state index contributed by atoms with van der Waals surface area (Å²) in [5, 5.41) is 0. The number of halogens is 1. The van der Waals surface area contributed by atoms with E-state index >= 15 is 0 Å². The lowest BCUT2D eigenvalue weighted by atomic mass is 9.98. The number of likely N-dealkylation sites (N-methyl/N-ethyl adjacent to an activating group) is 1. The van der Waals surface area contributed by atoms with Crippen molar-refractivity contribution in [3.63, 3.8) is 0 Å². The van der Waals surface area contributed by atoms with Gasteiger partial charge in [0.15, 0.2) is 0 Å². The fourth-order valence-corrected chi connectivity index (χ4v) is 2.52. The summed E-state index contributed by atoms with van der Waals surface area (Å²) in [4.78, 5) is 20.6. The number of aryl methyl sites for hydroxylation is 1. The minimum Gasteiger partial charge on any atom is -0.342 e. The maximum Gasteiger partial charge on any atom is 0.247 e. The van der Waals surface area contributed by atoms with E-state index in [4.69, 9.17) is 0 Å². The van der Waals surface area contributed by atoms with Crippen LogP contribution in [0.1, 0.15) is 19.5 Å². The first-order chi connectivity index (χ1) is 8.34. The molecule has 0 unspecified atom stereocenters. The Hall–Kier alpha value is -1.10. The smallest absolute Gasteiger partial charge is 0.247 e. The maximum absolute atomic E-state index is 12.2. The third-order valence-electron chi connectivity index (χ3n) is 3.49. The molecule has 0 bridgehead atoms. The molecule has 0 aromatic carbocycles. The van der Waals surface area contributed by atoms with E-state index < -0.39 is 5.54 Å². The molecule has 98 valence electrons. The molecule has 1 aliphatic rings. The summed E-state index contributed by atoms with van der Waals surface area (Å²) in [7, 11) is 1.85. The number of nitrogens with zero attached hydrogens (tertiary/aromatic N) is 3. The monoisotopic (exact) mass is 311 g/mol. The van der Waals surface area contributed by atoms with Crippen molar-refractivity contribution in [1.29, 1.82) is 0 Å². The topological polar surface area (TPSA) is 36.4 Å². The number of piperazine rings is 1. The summed E-state index contributed by atoms with van der Waals surface area (Å²) in [6, 6.07) is 3.94. The molecule has 1 aromatic rings. The molecule has 1 aromatic heterocycles. The summed E-state index contributed by atoms with van der Waals surface area (Å²) in [6.07, 6.45) is 0. The Morgan fingerprint density at radius 1 is 1.33 bits per heavy atom. The lowest BCUT2D eigenvalue weighted by Crippen LogP contribution is -2.62. The van der Waals surface area contributed by atoms with E-state index in [-0.39, 0.29) is 5.91 Å². The van der Waals surface area contributed by atoms with Crippen molar-refractivity contribution in [3.8, 4) is 0 Å². The van der Waals surface area contributed by atoms with Crippen molar-refractivity contribution in [3.05, 3.63) is 22.3 Å². The second kappa shape index (κ2) is 4.53. The quantitative estimate of drug-likeness (QED) is 0.798. The van der Waals surface area contributed by atoms with Gasteiger partial charge in [-0.3, -0.25) is 4.79 Å². The molecule has 0 saturated carbocycles. The third kappa shape index (κ3) is 2.11. The summed E-state index contributed by atoms with van der Waals surface area (Å²) in [6.45, 7) is 7.40. The predicted molar refractivity (Wildman–Crippen MR) is 75.7 cm³/mol. The van der Waals surface area contributed by atoms with E-state index in [1.807, 2.05) is 40.0 Å². The lowest BCUT2D eigenvalue weighted by molar-refractivity contribution is -0.136. The minimum absolute atomic E-state index is 0.135. The average Bonchev–Trinajstić information content (AvgIpc) is 2.30. The van der Waals surface area contributed by atoms with Gasteiger partial charge in [0, 0.05) is 24.6 Å². The molecule has 5 heteroatoms. The van der Waals surface area contributed by atoms with Gasteiger partial charge in [0.2, 0.25) is 5.91 Å². The van der Waals surface area contributed by atoms with Crippen molar-refractivity contribution in [1.82, 2.24) is 9.88 Å². The number of hydrogen-bond acceptors (Lipinski definition) is 3. The number of rotatable bonds is 1. The van der Waals surface area contributed by atoms with E-state index in [1.165, 1.54) is 0 Å². The first-order valence-corrected chi connectivity index (χ1v) is 6.79. The molecule has 18 heavy (non-hydrogen) atoms. The zero-order valence-electron chi connectivity index (χ0n) is 11.2. The number of hydrogen-bond donors (Lipinski definition) is 0. The third-order valence-corrected chi connectivity index (χ3v) is 4.33. The van der Waals surface area contributed by atoms with Crippen molar-refractivity contribution < 1.29 is 4.79 Å². The summed E-state index contributed by atoms with van der Waals surface area (Å²) in [5.74, 6) is 0.998. The van der Waals surface area contributed by atoms with Crippen LogP contribution >= 0.6 is 15.9 Å². The Balaban J connectivity index is 2.38.